The molecule has 110 valence electrons. The number of anilines is 1. The number of benzene rings is 1. The molecular weight excluding hydrogens is 254 g/mol. The van der Waals surface area contributed by atoms with Crippen LogP contribution in [0, 0.1) is 0 Å². The van der Waals surface area contributed by atoms with Gasteiger partial charge in [-0.3, -0.25) is 14.5 Å². The lowest BCUT2D eigenvalue weighted by molar-refractivity contribution is -0.117. The predicted molar refractivity (Wildman–Crippen MR) is 81.1 cm³/mol. The molecule has 0 aromatic heterocycles. The summed E-state index contributed by atoms with van der Waals surface area (Å²) in [5.74, 6) is -0.158. The Morgan fingerprint density at radius 2 is 1.95 bits per heavy atom. The molecule has 0 fully saturated rings. The zero-order valence-corrected chi connectivity index (χ0v) is 12.4. The number of amides is 1. The number of nitrogens with one attached hydrogen (secondary N) is 2. The van der Waals surface area contributed by atoms with Gasteiger partial charge in [-0.1, -0.05) is 12.1 Å². The molecule has 0 unspecified atom stereocenters. The Hall–Kier alpha value is -1.72. The fraction of sp³-hybridized carbons (Fsp3) is 0.467. The lowest BCUT2D eigenvalue weighted by Gasteiger charge is -2.16. The van der Waals surface area contributed by atoms with Gasteiger partial charge in [0.15, 0.2) is 5.78 Å². The van der Waals surface area contributed by atoms with Crippen LogP contribution in [0.1, 0.15) is 23.7 Å². The van der Waals surface area contributed by atoms with Crippen LogP contribution in [0.2, 0.25) is 0 Å². The normalized spacial score (nSPS) is 10.6. The molecule has 0 saturated carbocycles. The summed E-state index contributed by atoms with van der Waals surface area (Å²) in [5, 5.41) is 5.87. The zero-order valence-electron chi connectivity index (χ0n) is 12.4. The largest absolute Gasteiger partial charge is 0.324 e. The molecule has 0 heterocycles. The molecule has 1 rings (SSSR count). The first-order valence-electron chi connectivity index (χ1n) is 6.77. The third-order valence-corrected chi connectivity index (χ3v) is 2.96. The van der Waals surface area contributed by atoms with E-state index in [4.69, 9.17) is 0 Å². The van der Waals surface area contributed by atoms with Crippen molar-refractivity contribution in [3.63, 3.8) is 0 Å². The van der Waals surface area contributed by atoms with Gasteiger partial charge in [0.05, 0.1) is 12.2 Å². The number of ketones is 1. The molecule has 2 N–H and O–H groups in total. The Kier molecular flexibility index (Phi) is 6.90. The fourth-order valence-electron chi connectivity index (χ4n) is 1.94. The number of carbonyl (C=O) groups is 2. The summed E-state index contributed by atoms with van der Waals surface area (Å²) in [6, 6.07) is 7.05. The van der Waals surface area contributed by atoms with Crippen LogP contribution in [-0.2, 0) is 4.79 Å². The minimum atomic E-state index is -0.106. The Labute approximate surface area is 120 Å². The molecule has 0 aliphatic carbocycles. The average molecular weight is 277 g/mol. The zero-order chi connectivity index (χ0) is 15.0. The first-order valence-corrected chi connectivity index (χ1v) is 6.77. The second kappa shape index (κ2) is 8.45. The van der Waals surface area contributed by atoms with Gasteiger partial charge in [0.2, 0.25) is 5.91 Å². The maximum Gasteiger partial charge on any atom is 0.238 e. The molecule has 0 spiro atoms. The van der Waals surface area contributed by atoms with Crippen molar-refractivity contribution in [2.75, 3.05) is 39.0 Å². The number of Topliss-reactive ketones (excluding diaryl/α,β-unsaturated/α-hetero) is 1. The highest BCUT2D eigenvalue weighted by Gasteiger charge is 2.11. The van der Waals surface area contributed by atoms with Gasteiger partial charge in [0, 0.05) is 5.56 Å². The second-order valence-corrected chi connectivity index (χ2v) is 4.84. The third-order valence-electron chi connectivity index (χ3n) is 2.96. The Morgan fingerprint density at radius 3 is 2.60 bits per heavy atom. The highest BCUT2D eigenvalue weighted by molar-refractivity contribution is 6.04. The number of rotatable bonds is 8. The van der Waals surface area contributed by atoms with Gasteiger partial charge in [-0.25, -0.2) is 0 Å². The Morgan fingerprint density at radius 1 is 1.25 bits per heavy atom. The number of nitrogens with zero attached hydrogens (tertiary/aromatic N) is 1. The standard InChI is InChI=1S/C15H23N3O2/c1-12(19)13-7-4-5-8-14(13)17-15(20)11-18(3)10-6-9-16-2/h4-5,7-8,16H,6,9-11H2,1-3H3,(H,17,20). The molecule has 0 bridgehead atoms. The number of para-hydroxylation sites is 1. The van der Waals surface area contributed by atoms with Gasteiger partial charge in [-0.2, -0.15) is 0 Å². The van der Waals surface area contributed by atoms with Gasteiger partial charge in [-0.05, 0) is 52.7 Å². The molecule has 1 aromatic rings. The number of carbonyl (C=O) groups excluding carboxylic acids is 2. The van der Waals surface area contributed by atoms with E-state index in [9.17, 15) is 9.59 Å². The molecule has 20 heavy (non-hydrogen) atoms. The summed E-state index contributed by atoms with van der Waals surface area (Å²) in [6.07, 6.45) is 0.990. The quantitative estimate of drug-likeness (QED) is 0.556. The summed E-state index contributed by atoms with van der Waals surface area (Å²) in [4.78, 5) is 25.4. The van der Waals surface area contributed by atoms with Crippen molar-refractivity contribution in [2.24, 2.45) is 0 Å². The smallest absolute Gasteiger partial charge is 0.238 e. The van der Waals surface area contributed by atoms with E-state index >= 15 is 0 Å². The first-order chi connectivity index (χ1) is 9.54. The van der Waals surface area contributed by atoms with Gasteiger partial charge in [0.1, 0.15) is 0 Å². The summed E-state index contributed by atoms with van der Waals surface area (Å²) in [6.45, 7) is 3.59. The number of likely N-dealkylation sites (N-methyl/N-ethyl adjacent to an activating group) is 1. The topological polar surface area (TPSA) is 61.4 Å². The third kappa shape index (κ3) is 5.50. The van der Waals surface area contributed by atoms with Crippen molar-refractivity contribution in [3.8, 4) is 0 Å². The lowest BCUT2D eigenvalue weighted by atomic mass is 10.1. The van der Waals surface area contributed by atoms with E-state index in [-0.39, 0.29) is 11.7 Å². The Balaban J connectivity index is 2.52. The first kappa shape index (κ1) is 16.3. The van der Waals surface area contributed by atoms with Gasteiger partial charge in [-0.15, -0.1) is 0 Å². The predicted octanol–water partition coefficient (Wildman–Crippen LogP) is 1.37. The molecule has 0 aliphatic rings. The lowest BCUT2D eigenvalue weighted by Crippen LogP contribution is -2.32. The Bertz CT molecular complexity index is 460. The molecule has 1 aromatic carbocycles. The van der Waals surface area contributed by atoms with Crippen molar-refractivity contribution in [3.05, 3.63) is 29.8 Å². The van der Waals surface area contributed by atoms with E-state index in [2.05, 4.69) is 10.6 Å². The molecule has 1 amide bonds. The molecule has 0 radical (unpaired) electrons. The van der Waals surface area contributed by atoms with Crippen LogP contribution in [0.25, 0.3) is 0 Å². The second-order valence-electron chi connectivity index (χ2n) is 4.84. The molecular formula is C15H23N3O2. The molecule has 5 nitrogen and oxygen atoms in total. The maximum atomic E-state index is 12.0. The van der Waals surface area contributed by atoms with E-state index in [0.717, 1.165) is 19.5 Å². The van der Waals surface area contributed by atoms with E-state index in [1.807, 2.05) is 19.0 Å². The number of hydrogen-bond acceptors (Lipinski definition) is 4. The van der Waals surface area contributed by atoms with Crippen LogP contribution in [0.3, 0.4) is 0 Å². The maximum absolute atomic E-state index is 12.0. The van der Waals surface area contributed by atoms with Crippen molar-refractivity contribution < 1.29 is 9.59 Å². The number of hydrogen-bond donors (Lipinski definition) is 2. The highest BCUT2D eigenvalue weighted by atomic mass is 16.2. The summed E-state index contributed by atoms with van der Waals surface area (Å²) in [7, 11) is 3.82. The van der Waals surface area contributed by atoms with Crippen molar-refractivity contribution in [1.82, 2.24) is 10.2 Å². The van der Waals surface area contributed by atoms with E-state index < -0.39 is 0 Å². The monoisotopic (exact) mass is 277 g/mol. The van der Waals surface area contributed by atoms with Gasteiger partial charge in [0.25, 0.3) is 0 Å². The van der Waals surface area contributed by atoms with Crippen molar-refractivity contribution >= 4 is 17.4 Å². The van der Waals surface area contributed by atoms with Crippen LogP contribution in [-0.4, -0.2) is 50.3 Å². The molecule has 0 atom stereocenters. The van der Waals surface area contributed by atoms with Crippen LogP contribution < -0.4 is 10.6 Å². The fourth-order valence-corrected chi connectivity index (χ4v) is 1.94. The van der Waals surface area contributed by atoms with Crippen molar-refractivity contribution in [1.29, 1.82) is 0 Å². The van der Waals surface area contributed by atoms with Crippen LogP contribution in [0.5, 0.6) is 0 Å². The average Bonchev–Trinajstić information content (AvgIpc) is 2.39. The molecule has 5 heteroatoms. The highest BCUT2D eigenvalue weighted by Crippen LogP contribution is 2.15. The minimum absolute atomic E-state index is 0.0525. The van der Waals surface area contributed by atoms with Crippen molar-refractivity contribution in [2.45, 2.75) is 13.3 Å². The van der Waals surface area contributed by atoms with E-state index in [0.29, 0.717) is 17.8 Å². The van der Waals surface area contributed by atoms with Crippen LogP contribution >= 0.6 is 0 Å². The van der Waals surface area contributed by atoms with Crippen LogP contribution in [0.4, 0.5) is 5.69 Å². The van der Waals surface area contributed by atoms with E-state index in [1.165, 1.54) is 6.92 Å². The summed E-state index contributed by atoms with van der Waals surface area (Å²) >= 11 is 0. The van der Waals surface area contributed by atoms with Gasteiger partial charge >= 0.3 is 0 Å². The van der Waals surface area contributed by atoms with E-state index in [1.54, 1.807) is 24.3 Å². The molecule has 0 aliphatic heterocycles. The SMILES string of the molecule is CNCCCN(C)CC(=O)Nc1ccccc1C(C)=O. The summed E-state index contributed by atoms with van der Waals surface area (Å²) < 4.78 is 0. The summed E-state index contributed by atoms with van der Waals surface area (Å²) in [5.41, 5.74) is 1.12. The van der Waals surface area contributed by atoms with Crippen LogP contribution in [0.15, 0.2) is 24.3 Å². The minimum Gasteiger partial charge on any atom is -0.324 e. The molecule has 0 saturated heterocycles. The van der Waals surface area contributed by atoms with Gasteiger partial charge < -0.3 is 10.6 Å².